The second-order valence-electron chi connectivity index (χ2n) is 3.19. The summed E-state index contributed by atoms with van der Waals surface area (Å²) in [6.07, 6.45) is 5.24. The minimum atomic E-state index is 0.757. The molecule has 0 radical (unpaired) electrons. The maximum atomic E-state index is 10.2. The van der Waals surface area contributed by atoms with Gasteiger partial charge in [0.2, 0.25) is 6.41 Å². The third-order valence-electron chi connectivity index (χ3n) is 1.68. The molecular weight excluding hydrogens is 190 g/mol. The second kappa shape index (κ2) is 9.15. The van der Waals surface area contributed by atoms with Gasteiger partial charge >= 0.3 is 0 Å². The Bertz CT molecular complexity index is 251. The number of aromatic nitrogens is 1. The van der Waals surface area contributed by atoms with Crippen LogP contribution in [0.4, 0.5) is 0 Å². The molecule has 4 heteroatoms. The molecule has 0 aliphatic heterocycles. The van der Waals surface area contributed by atoms with E-state index < -0.39 is 0 Å². The van der Waals surface area contributed by atoms with Crippen LogP contribution in [-0.2, 0) is 11.2 Å². The van der Waals surface area contributed by atoms with Crippen molar-refractivity contribution in [1.82, 2.24) is 15.2 Å². The number of pyridine rings is 1. The van der Waals surface area contributed by atoms with Gasteiger partial charge in [-0.3, -0.25) is 9.78 Å². The zero-order valence-corrected chi connectivity index (χ0v) is 9.60. The number of nitrogens with one attached hydrogen (secondary N) is 1. The van der Waals surface area contributed by atoms with E-state index in [1.54, 1.807) is 24.3 Å². The Hall–Kier alpha value is -1.42. The molecule has 0 fully saturated rings. The molecule has 0 atom stereocenters. The molecule has 0 saturated carbocycles. The number of hydrogen-bond donors (Lipinski definition) is 1. The van der Waals surface area contributed by atoms with Crippen LogP contribution in [0.15, 0.2) is 24.5 Å². The summed E-state index contributed by atoms with van der Waals surface area (Å²) in [6.45, 7) is 0.757. The average molecular weight is 209 g/mol. The zero-order valence-electron chi connectivity index (χ0n) is 9.60. The van der Waals surface area contributed by atoms with Crippen molar-refractivity contribution in [3.63, 3.8) is 0 Å². The third kappa shape index (κ3) is 7.64. The van der Waals surface area contributed by atoms with Crippen LogP contribution >= 0.6 is 0 Å². The molecule has 1 amide bonds. The van der Waals surface area contributed by atoms with Gasteiger partial charge in [-0.2, -0.15) is 0 Å². The topological polar surface area (TPSA) is 45.2 Å². The van der Waals surface area contributed by atoms with Crippen LogP contribution in [0.5, 0.6) is 0 Å². The van der Waals surface area contributed by atoms with E-state index in [4.69, 9.17) is 0 Å². The highest BCUT2D eigenvalue weighted by atomic mass is 16.1. The Labute approximate surface area is 91.3 Å². The number of carbonyl (C=O) groups excluding carboxylic acids is 1. The predicted octanol–water partition coefficient (Wildman–Crippen LogP) is 0.548. The molecule has 1 rings (SSSR count). The van der Waals surface area contributed by atoms with Gasteiger partial charge in [-0.05, 0) is 38.2 Å². The SMILES string of the molecule is CN(C=O)CCc1ccncc1.CNC. The Morgan fingerprint density at radius 1 is 1.40 bits per heavy atom. The minimum absolute atomic E-state index is 0.757. The van der Waals surface area contributed by atoms with Gasteiger partial charge < -0.3 is 10.2 Å². The second-order valence-corrected chi connectivity index (χ2v) is 3.19. The van der Waals surface area contributed by atoms with E-state index in [0.29, 0.717) is 0 Å². The highest BCUT2D eigenvalue weighted by molar-refractivity contribution is 5.46. The lowest BCUT2D eigenvalue weighted by atomic mass is 10.2. The van der Waals surface area contributed by atoms with Gasteiger partial charge in [0.1, 0.15) is 0 Å². The summed E-state index contributed by atoms with van der Waals surface area (Å²) >= 11 is 0. The van der Waals surface area contributed by atoms with E-state index in [0.717, 1.165) is 19.4 Å². The van der Waals surface area contributed by atoms with E-state index in [1.165, 1.54) is 5.56 Å². The highest BCUT2D eigenvalue weighted by Crippen LogP contribution is 1.97. The van der Waals surface area contributed by atoms with Crippen LogP contribution < -0.4 is 5.32 Å². The highest BCUT2D eigenvalue weighted by Gasteiger charge is 1.94. The van der Waals surface area contributed by atoms with E-state index in [-0.39, 0.29) is 0 Å². The fourth-order valence-corrected chi connectivity index (χ4v) is 0.908. The van der Waals surface area contributed by atoms with Crippen LogP contribution in [0.25, 0.3) is 0 Å². The van der Waals surface area contributed by atoms with Crippen molar-refractivity contribution < 1.29 is 4.79 Å². The molecule has 1 aromatic heterocycles. The summed E-state index contributed by atoms with van der Waals surface area (Å²) in [5.41, 5.74) is 1.21. The first-order chi connectivity index (χ1) is 7.24. The third-order valence-corrected chi connectivity index (χ3v) is 1.68. The van der Waals surface area contributed by atoms with Crippen LogP contribution in [-0.4, -0.2) is 44.0 Å². The molecule has 0 spiro atoms. The lowest BCUT2D eigenvalue weighted by molar-refractivity contribution is -0.116. The fraction of sp³-hybridized carbons (Fsp3) is 0.455. The van der Waals surface area contributed by atoms with Crippen LogP contribution in [0.3, 0.4) is 0 Å². The van der Waals surface area contributed by atoms with Crippen molar-refractivity contribution in [1.29, 1.82) is 0 Å². The summed E-state index contributed by atoms with van der Waals surface area (Å²) in [4.78, 5) is 15.8. The lowest BCUT2D eigenvalue weighted by Crippen LogP contribution is -2.18. The average Bonchev–Trinajstić information content (AvgIpc) is 2.28. The molecule has 0 unspecified atom stereocenters. The van der Waals surface area contributed by atoms with Gasteiger partial charge in [0, 0.05) is 26.0 Å². The Morgan fingerprint density at radius 3 is 2.40 bits per heavy atom. The normalized spacial score (nSPS) is 8.73. The number of nitrogens with zero attached hydrogens (tertiary/aromatic N) is 2. The summed E-state index contributed by atoms with van der Waals surface area (Å²) in [6, 6.07) is 3.91. The van der Waals surface area contributed by atoms with Gasteiger partial charge in [0.25, 0.3) is 0 Å². The summed E-state index contributed by atoms with van der Waals surface area (Å²) in [7, 11) is 5.52. The molecule has 1 heterocycles. The molecule has 1 N–H and O–H groups in total. The maximum absolute atomic E-state index is 10.2. The molecule has 4 nitrogen and oxygen atoms in total. The Balaban J connectivity index is 0.000000583. The van der Waals surface area contributed by atoms with Crippen molar-refractivity contribution in [2.45, 2.75) is 6.42 Å². The van der Waals surface area contributed by atoms with Crippen LogP contribution in [0, 0.1) is 0 Å². The minimum Gasteiger partial charge on any atom is -0.348 e. The summed E-state index contributed by atoms with van der Waals surface area (Å²) in [5.74, 6) is 0. The van der Waals surface area contributed by atoms with Crippen molar-refractivity contribution >= 4 is 6.41 Å². The number of rotatable bonds is 4. The van der Waals surface area contributed by atoms with Crippen molar-refractivity contribution in [2.24, 2.45) is 0 Å². The predicted molar refractivity (Wildman–Crippen MR) is 61.6 cm³/mol. The molecule has 0 aliphatic rings. The summed E-state index contributed by atoms with van der Waals surface area (Å²) < 4.78 is 0. The standard InChI is InChI=1S/C9H12N2O.C2H7N/c1-11(8-12)7-4-9-2-5-10-6-3-9;1-3-2/h2-3,5-6,8H,4,7H2,1H3;3H,1-2H3. The van der Waals surface area contributed by atoms with Gasteiger partial charge in [0.05, 0.1) is 0 Å². The Morgan fingerprint density at radius 2 is 1.93 bits per heavy atom. The Kier molecular flexibility index (Phi) is 8.28. The number of carbonyl (C=O) groups is 1. The fourth-order valence-electron chi connectivity index (χ4n) is 0.908. The molecule has 0 aliphatic carbocycles. The van der Waals surface area contributed by atoms with Crippen molar-refractivity contribution in [2.75, 3.05) is 27.7 Å². The molecule has 1 aromatic rings. The zero-order chi connectivity index (χ0) is 11.5. The monoisotopic (exact) mass is 209 g/mol. The quantitative estimate of drug-likeness (QED) is 0.736. The molecule has 84 valence electrons. The van der Waals surface area contributed by atoms with Crippen molar-refractivity contribution in [3.8, 4) is 0 Å². The smallest absolute Gasteiger partial charge is 0.209 e. The van der Waals surface area contributed by atoms with Gasteiger partial charge in [-0.15, -0.1) is 0 Å². The number of amides is 1. The molecule has 0 aromatic carbocycles. The van der Waals surface area contributed by atoms with E-state index in [9.17, 15) is 4.79 Å². The number of likely N-dealkylation sites (N-methyl/N-ethyl adjacent to an activating group) is 1. The van der Waals surface area contributed by atoms with Crippen LogP contribution in [0.2, 0.25) is 0 Å². The first-order valence-corrected chi connectivity index (χ1v) is 4.87. The van der Waals surface area contributed by atoms with Crippen molar-refractivity contribution in [3.05, 3.63) is 30.1 Å². The first kappa shape index (κ1) is 13.6. The van der Waals surface area contributed by atoms with Gasteiger partial charge in [0.15, 0.2) is 0 Å². The largest absolute Gasteiger partial charge is 0.348 e. The first-order valence-electron chi connectivity index (χ1n) is 4.87. The summed E-state index contributed by atoms with van der Waals surface area (Å²) in [5, 5.41) is 2.75. The van der Waals surface area contributed by atoms with Crippen LogP contribution in [0.1, 0.15) is 5.56 Å². The molecule has 15 heavy (non-hydrogen) atoms. The molecule has 0 bridgehead atoms. The molecule has 0 saturated heterocycles. The van der Waals surface area contributed by atoms with Gasteiger partial charge in [-0.25, -0.2) is 0 Å². The lowest BCUT2D eigenvalue weighted by Gasteiger charge is -2.09. The maximum Gasteiger partial charge on any atom is 0.209 e. The van der Waals surface area contributed by atoms with Gasteiger partial charge in [-0.1, -0.05) is 0 Å². The van der Waals surface area contributed by atoms with E-state index in [1.807, 2.05) is 26.2 Å². The molecular formula is C11H19N3O. The number of hydrogen-bond acceptors (Lipinski definition) is 3. The van der Waals surface area contributed by atoms with E-state index in [2.05, 4.69) is 10.3 Å². The van der Waals surface area contributed by atoms with E-state index >= 15 is 0 Å².